The van der Waals surface area contributed by atoms with Gasteiger partial charge in [-0.3, -0.25) is 4.79 Å². The Labute approximate surface area is 101 Å². The summed E-state index contributed by atoms with van der Waals surface area (Å²) in [6.45, 7) is 4.34. The summed E-state index contributed by atoms with van der Waals surface area (Å²) in [5.41, 5.74) is 1.90. The molecule has 1 aliphatic rings. The number of carbonyl (C=O) groups excluding carboxylic acids is 1. The van der Waals surface area contributed by atoms with Gasteiger partial charge in [0.05, 0.1) is 5.69 Å². The fourth-order valence-corrected chi connectivity index (χ4v) is 1.77. The SMILES string of the molecule is Cc1ncoc1C(=O)NCC1=CCN(C)CC1. The lowest BCUT2D eigenvalue weighted by Crippen LogP contribution is -2.30. The number of oxazole rings is 1. The minimum absolute atomic E-state index is 0.195. The van der Waals surface area contributed by atoms with Gasteiger partial charge in [-0.2, -0.15) is 0 Å². The molecule has 1 aromatic rings. The van der Waals surface area contributed by atoms with Gasteiger partial charge in [0.15, 0.2) is 6.39 Å². The second kappa shape index (κ2) is 5.14. The van der Waals surface area contributed by atoms with E-state index in [4.69, 9.17) is 4.42 Å². The number of amides is 1. The third kappa shape index (κ3) is 2.94. The molecule has 1 N–H and O–H groups in total. The number of carbonyl (C=O) groups is 1. The largest absolute Gasteiger partial charge is 0.438 e. The van der Waals surface area contributed by atoms with E-state index in [1.54, 1.807) is 6.92 Å². The minimum Gasteiger partial charge on any atom is -0.438 e. The van der Waals surface area contributed by atoms with Crippen molar-refractivity contribution in [3.8, 4) is 0 Å². The molecule has 0 fully saturated rings. The monoisotopic (exact) mass is 235 g/mol. The molecular weight excluding hydrogens is 218 g/mol. The van der Waals surface area contributed by atoms with Crippen molar-refractivity contribution < 1.29 is 9.21 Å². The van der Waals surface area contributed by atoms with E-state index in [0.29, 0.717) is 18.0 Å². The maximum absolute atomic E-state index is 11.8. The van der Waals surface area contributed by atoms with E-state index in [2.05, 4.69) is 28.3 Å². The Morgan fingerprint density at radius 1 is 1.65 bits per heavy atom. The predicted molar refractivity (Wildman–Crippen MR) is 63.8 cm³/mol. The first-order chi connectivity index (χ1) is 8.16. The first-order valence-corrected chi connectivity index (χ1v) is 5.71. The number of aromatic nitrogens is 1. The first-order valence-electron chi connectivity index (χ1n) is 5.71. The van der Waals surface area contributed by atoms with Crippen molar-refractivity contribution in [2.45, 2.75) is 13.3 Å². The predicted octanol–water partition coefficient (Wildman–Crippen LogP) is 0.975. The average molecular weight is 235 g/mol. The summed E-state index contributed by atoms with van der Waals surface area (Å²) in [4.78, 5) is 17.9. The van der Waals surface area contributed by atoms with Crippen LogP contribution in [0.25, 0.3) is 0 Å². The number of hydrogen-bond donors (Lipinski definition) is 1. The Bertz CT molecular complexity index is 437. The van der Waals surface area contributed by atoms with E-state index >= 15 is 0 Å². The molecule has 5 nitrogen and oxygen atoms in total. The van der Waals surface area contributed by atoms with E-state index in [0.717, 1.165) is 19.5 Å². The number of rotatable bonds is 3. The highest BCUT2D eigenvalue weighted by Gasteiger charge is 2.14. The number of nitrogens with one attached hydrogen (secondary N) is 1. The van der Waals surface area contributed by atoms with Crippen LogP contribution in [0.5, 0.6) is 0 Å². The van der Waals surface area contributed by atoms with Gasteiger partial charge in [0.25, 0.3) is 5.91 Å². The zero-order chi connectivity index (χ0) is 12.3. The summed E-state index contributed by atoms with van der Waals surface area (Å²) in [7, 11) is 2.09. The third-order valence-corrected chi connectivity index (χ3v) is 2.93. The molecule has 0 atom stereocenters. The fourth-order valence-electron chi connectivity index (χ4n) is 1.77. The lowest BCUT2D eigenvalue weighted by atomic mass is 10.1. The van der Waals surface area contributed by atoms with Crippen molar-refractivity contribution in [1.82, 2.24) is 15.2 Å². The van der Waals surface area contributed by atoms with E-state index in [1.807, 2.05) is 0 Å². The summed E-state index contributed by atoms with van der Waals surface area (Å²) < 4.78 is 5.03. The molecule has 17 heavy (non-hydrogen) atoms. The van der Waals surface area contributed by atoms with Crippen molar-refractivity contribution in [2.75, 3.05) is 26.7 Å². The second-order valence-corrected chi connectivity index (χ2v) is 4.32. The zero-order valence-corrected chi connectivity index (χ0v) is 10.2. The molecule has 1 aliphatic heterocycles. The van der Waals surface area contributed by atoms with Gasteiger partial charge in [0.1, 0.15) is 0 Å². The molecule has 0 bridgehead atoms. The standard InChI is InChI=1S/C12H17N3O2/c1-9-11(17-8-14-9)12(16)13-7-10-3-5-15(2)6-4-10/h3,8H,4-7H2,1-2H3,(H,13,16). The maximum Gasteiger partial charge on any atom is 0.289 e. The second-order valence-electron chi connectivity index (χ2n) is 4.32. The van der Waals surface area contributed by atoms with E-state index in [-0.39, 0.29) is 5.91 Å². The Hall–Kier alpha value is -1.62. The van der Waals surface area contributed by atoms with Gasteiger partial charge in [0, 0.05) is 19.6 Å². The highest BCUT2D eigenvalue weighted by atomic mass is 16.3. The van der Waals surface area contributed by atoms with Crippen LogP contribution in [0.4, 0.5) is 0 Å². The summed E-state index contributed by atoms with van der Waals surface area (Å²) >= 11 is 0. The van der Waals surface area contributed by atoms with Crippen molar-refractivity contribution in [1.29, 1.82) is 0 Å². The van der Waals surface area contributed by atoms with Crippen LogP contribution in [-0.2, 0) is 0 Å². The molecule has 92 valence electrons. The molecule has 1 amide bonds. The van der Waals surface area contributed by atoms with Crippen LogP contribution >= 0.6 is 0 Å². The van der Waals surface area contributed by atoms with Gasteiger partial charge in [0.2, 0.25) is 5.76 Å². The molecule has 2 heterocycles. The summed E-state index contributed by atoms with van der Waals surface area (Å²) in [6, 6.07) is 0. The fraction of sp³-hybridized carbons (Fsp3) is 0.500. The number of hydrogen-bond acceptors (Lipinski definition) is 4. The van der Waals surface area contributed by atoms with E-state index < -0.39 is 0 Å². The Kier molecular flexibility index (Phi) is 3.58. The van der Waals surface area contributed by atoms with E-state index in [1.165, 1.54) is 12.0 Å². The number of aryl methyl sites for hydroxylation is 1. The van der Waals surface area contributed by atoms with Crippen LogP contribution < -0.4 is 5.32 Å². The highest BCUT2D eigenvalue weighted by Crippen LogP contribution is 2.09. The van der Waals surface area contributed by atoms with Crippen molar-refractivity contribution in [3.63, 3.8) is 0 Å². The van der Waals surface area contributed by atoms with E-state index in [9.17, 15) is 4.79 Å². The normalized spacial score (nSPS) is 16.7. The maximum atomic E-state index is 11.8. The molecule has 0 unspecified atom stereocenters. The molecule has 0 aromatic carbocycles. The Morgan fingerprint density at radius 2 is 2.47 bits per heavy atom. The zero-order valence-electron chi connectivity index (χ0n) is 10.2. The Balaban J connectivity index is 1.87. The molecule has 0 spiro atoms. The van der Waals surface area contributed by atoms with Crippen LogP contribution in [0.15, 0.2) is 22.5 Å². The van der Waals surface area contributed by atoms with Crippen molar-refractivity contribution >= 4 is 5.91 Å². The van der Waals surface area contributed by atoms with Crippen LogP contribution in [-0.4, -0.2) is 42.5 Å². The summed E-state index contributed by atoms with van der Waals surface area (Å²) in [5, 5.41) is 2.85. The number of likely N-dealkylation sites (N-methyl/N-ethyl adjacent to an activating group) is 1. The average Bonchev–Trinajstić information content (AvgIpc) is 2.74. The number of nitrogens with zero attached hydrogens (tertiary/aromatic N) is 2. The van der Waals surface area contributed by atoms with Gasteiger partial charge in [-0.15, -0.1) is 0 Å². The lowest BCUT2D eigenvalue weighted by molar-refractivity contribution is 0.0928. The topological polar surface area (TPSA) is 58.4 Å². The van der Waals surface area contributed by atoms with Gasteiger partial charge in [-0.1, -0.05) is 11.6 Å². The lowest BCUT2D eigenvalue weighted by Gasteiger charge is -2.21. The smallest absolute Gasteiger partial charge is 0.289 e. The minimum atomic E-state index is -0.195. The van der Waals surface area contributed by atoms with Crippen LogP contribution in [0.1, 0.15) is 22.7 Å². The van der Waals surface area contributed by atoms with Crippen molar-refractivity contribution in [2.24, 2.45) is 0 Å². The summed E-state index contributed by atoms with van der Waals surface area (Å²) in [6.07, 6.45) is 4.46. The molecular formula is C12H17N3O2. The first kappa shape index (κ1) is 11.9. The molecule has 0 radical (unpaired) electrons. The third-order valence-electron chi connectivity index (χ3n) is 2.93. The van der Waals surface area contributed by atoms with Crippen LogP contribution in [0, 0.1) is 6.92 Å². The van der Waals surface area contributed by atoms with Crippen LogP contribution in [0.2, 0.25) is 0 Å². The van der Waals surface area contributed by atoms with Gasteiger partial charge >= 0.3 is 0 Å². The van der Waals surface area contributed by atoms with Gasteiger partial charge < -0.3 is 14.6 Å². The summed E-state index contributed by atoms with van der Waals surface area (Å²) in [5.74, 6) is 0.110. The van der Waals surface area contributed by atoms with Crippen LogP contribution in [0.3, 0.4) is 0 Å². The molecule has 1 aromatic heterocycles. The Morgan fingerprint density at radius 3 is 3.06 bits per heavy atom. The van der Waals surface area contributed by atoms with Gasteiger partial charge in [-0.05, 0) is 20.4 Å². The molecule has 0 aliphatic carbocycles. The highest BCUT2D eigenvalue weighted by molar-refractivity contribution is 5.92. The molecule has 2 rings (SSSR count). The quantitative estimate of drug-likeness (QED) is 0.793. The van der Waals surface area contributed by atoms with Gasteiger partial charge in [-0.25, -0.2) is 4.98 Å². The molecule has 5 heteroatoms. The molecule has 0 saturated carbocycles. The van der Waals surface area contributed by atoms with Crippen molar-refractivity contribution in [3.05, 3.63) is 29.5 Å². The molecule has 0 saturated heterocycles.